The minimum absolute atomic E-state index is 0.252. The lowest BCUT2D eigenvalue weighted by Crippen LogP contribution is -2.03. The molecule has 0 aliphatic heterocycles. The van der Waals surface area contributed by atoms with Crippen LogP contribution in [0.3, 0.4) is 0 Å². The van der Waals surface area contributed by atoms with Gasteiger partial charge in [0, 0.05) is 0 Å². The van der Waals surface area contributed by atoms with Crippen LogP contribution in [0.5, 0.6) is 0 Å². The zero-order chi connectivity index (χ0) is 19.8. The molecule has 0 saturated heterocycles. The van der Waals surface area contributed by atoms with E-state index < -0.39 is 6.55 Å². The Morgan fingerprint density at radius 2 is 1.76 bits per heavy atom. The number of halogens is 2. The monoisotopic (exact) mass is 408 g/mol. The van der Waals surface area contributed by atoms with Crippen molar-refractivity contribution in [2.24, 2.45) is 0 Å². The molecule has 0 saturated carbocycles. The summed E-state index contributed by atoms with van der Waals surface area (Å²) in [6.07, 6.45) is 3.16. The summed E-state index contributed by atoms with van der Waals surface area (Å²) in [5.41, 5.74) is 2.52. The molecule has 0 aliphatic carbocycles. The molecule has 5 rings (SSSR count). The van der Waals surface area contributed by atoms with Gasteiger partial charge in [0.25, 0.3) is 0 Å². The van der Waals surface area contributed by atoms with E-state index in [-0.39, 0.29) is 5.75 Å². The van der Waals surface area contributed by atoms with Crippen molar-refractivity contribution in [1.29, 1.82) is 0 Å². The van der Waals surface area contributed by atoms with Gasteiger partial charge in [0.05, 0.1) is 34.1 Å². The van der Waals surface area contributed by atoms with Gasteiger partial charge in [-0.2, -0.15) is 13.9 Å². The number of hydrogen-bond donors (Lipinski definition) is 0. The van der Waals surface area contributed by atoms with E-state index in [1.54, 1.807) is 35.1 Å². The Kier molecular flexibility index (Phi) is 4.44. The van der Waals surface area contributed by atoms with Crippen LogP contribution in [0.15, 0.2) is 72.1 Å². The van der Waals surface area contributed by atoms with Crippen molar-refractivity contribution >= 4 is 33.8 Å². The molecule has 144 valence electrons. The van der Waals surface area contributed by atoms with Crippen LogP contribution < -0.4 is 0 Å². The molecule has 3 heterocycles. The minimum atomic E-state index is -2.66. The van der Waals surface area contributed by atoms with Crippen molar-refractivity contribution in [1.82, 2.24) is 29.3 Å². The number of alkyl halides is 2. The summed E-state index contributed by atoms with van der Waals surface area (Å²) in [5.74, 6) is 0.551. The zero-order valence-corrected chi connectivity index (χ0v) is 15.8. The molecule has 0 fully saturated rings. The Bertz CT molecular complexity index is 1300. The van der Waals surface area contributed by atoms with Crippen LogP contribution >= 0.6 is 11.8 Å². The van der Waals surface area contributed by atoms with E-state index in [0.717, 1.165) is 15.6 Å². The number of rotatable bonds is 5. The number of nitrogens with zero attached hydrogens (tertiary/aromatic N) is 6. The number of imidazole rings is 1. The molecular formula is C20H14F2N6S. The molecule has 0 N–H and O–H groups in total. The maximum Gasteiger partial charge on any atom is 0.320 e. The molecule has 29 heavy (non-hydrogen) atoms. The van der Waals surface area contributed by atoms with Gasteiger partial charge in [-0.15, -0.1) is 0 Å². The normalized spacial score (nSPS) is 11.7. The van der Waals surface area contributed by atoms with Crippen molar-refractivity contribution in [2.75, 3.05) is 0 Å². The van der Waals surface area contributed by atoms with Gasteiger partial charge in [-0.05, 0) is 24.3 Å². The van der Waals surface area contributed by atoms with E-state index in [4.69, 9.17) is 0 Å². The first kappa shape index (κ1) is 17.7. The van der Waals surface area contributed by atoms with Crippen LogP contribution in [0.25, 0.3) is 27.8 Å². The Hall–Kier alpha value is -3.33. The summed E-state index contributed by atoms with van der Waals surface area (Å²) in [7, 11) is 0. The molecule has 0 radical (unpaired) electrons. The summed E-state index contributed by atoms with van der Waals surface area (Å²) < 4.78 is 30.0. The number of fused-ring (bicyclic) bond motifs is 2. The number of hydrogen-bond acceptors (Lipinski definition) is 5. The first-order valence-corrected chi connectivity index (χ1v) is 9.82. The summed E-state index contributed by atoms with van der Waals surface area (Å²) in [6, 6.07) is 16.5. The maximum atomic E-state index is 13.6. The largest absolute Gasteiger partial charge is 0.320 e. The second-order valence-corrected chi connectivity index (χ2v) is 7.23. The predicted molar refractivity (Wildman–Crippen MR) is 107 cm³/mol. The van der Waals surface area contributed by atoms with Crippen molar-refractivity contribution in [2.45, 2.75) is 17.3 Å². The van der Waals surface area contributed by atoms with E-state index in [1.807, 2.05) is 30.3 Å². The van der Waals surface area contributed by atoms with E-state index in [0.29, 0.717) is 27.5 Å². The van der Waals surface area contributed by atoms with Crippen molar-refractivity contribution in [3.8, 4) is 5.69 Å². The smallest absolute Gasteiger partial charge is 0.269 e. The molecule has 0 spiro atoms. The fourth-order valence-electron chi connectivity index (χ4n) is 3.24. The predicted octanol–water partition coefficient (Wildman–Crippen LogP) is 4.85. The third-order valence-corrected chi connectivity index (χ3v) is 5.53. The molecule has 0 amide bonds. The van der Waals surface area contributed by atoms with Gasteiger partial charge in [0.15, 0.2) is 5.65 Å². The van der Waals surface area contributed by atoms with E-state index >= 15 is 0 Å². The Balaban J connectivity index is 1.50. The van der Waals surface area contributed by atoms with Crippen LogP contribution in [0, 0.1) is 0 Å². The van der Waals surface area contributed by atoms with Gasteiger partial charge in [-0.1, -0.05) is 42.1 Å². The quantitative estimate of drug-likeness (QED) is 0.307. The minimum Gasteiger partial charge on any atom is -0.269 e. The third kappa shape index (κ3) is 3.13. The van der Waals surface area contributed by atoms with Gasteiger partial charge >= 0.3 is 6.55 Å². The molecule has 0 unspecified atom stereocenters. The fraction of sp³-hybridized carbons (Fsp3) is 0.100. The highest BCUT2D eigenvalue weighted by Crippen LogP contribution is 2.31. The van der Waals surface area contributed by atoms with Crippen LogP contribution in [0.2, 0.25) is 0 Å². The molecule has 0 aliphatic rings. The lowest BCUT2D eigenvalue weighted by Gasteiger charge is -2.07. The van der Waals surface area contributed by atoms with Gasteiger partial charge in [-0.25, -0.2) is 19.6 Å². The van der Waals surface area contributed by atoms with Gasteiger partial charge < -0.3 is 0 Å². The molecule has 5 aromatic rings. The molecular weight excluding hydrogens is 394 g/mol. The number of benzene rings is 2. The Morgan fingerprint density at radius 1 is 0.966 bits per heavy atom. The second kappa shape index (κ2) is 7.25. The van der Waals surface area contributed by atoms with Crippen molar-refractivity contribution < 1.29 is 8.78 Å². The number of thioether (sulfide) groups is 1. The highest BCUT2D eigenvalue weighted by Gasteiger charge is 2.19. The Morgan fingerprint density at radius 3 is 2.59 bits per heavy atom. The number of aromatic nitrogens is 6. The molecule has 2 aromatic carbocycles. The van der Waals surface area contributed by atoms with Crippen LogP contribution in [-0.4, -0.2) is 29.3 Å². The summed E-state index contributed by atoms with van der Waals surface area (Å²) >= 11 is 1.34. The topological polar surface area (TPSA) is 61.4 Å². The standard InChI is InChI=1S/C20H14F2N6S/c21-20(22)27-16-9-5-4-8-15(16)26-17(27)11-29-19-14-10-25-28(18(14)23-12-24-19)13-6-2-1-3-7-13/h1-10,12,20H,11H2. The lowest BCUT2D eigenvalue weighted by atomic mass is 10.3. The van der Waals surface area contributed by atoms with E-state index in [1.165, 1.54) is 18.1 Å². The van der Waals surface area contributed by atoms with Gasteiger partial charge in [-0.3, -0.25) is 4.57 Å². The molecule has 0 bridgehead atoms. The SMILES string of the molecule is FC(F)n1c(CSc2ncnc3c2cnn3-c2ccccc2)nc2ccccc21. The lowest BCUT2D eigenvalue weighted by molar-refractivity contribution is 0.0722. The number of para-hydroxylation sites is 3. The first-order valence-electron chi connectivity index (χ1n) is 8.83. The summed E-state index contributed by atoms with van der Waals surface area (Å²) in [5, 5.41) is 5.86. The van der Waals surface area contributed by atoms with E-state index in [2.05, 4.69) is 20.1 Å². The van der Waals surface area contributed by atoms with Gasteiger partial charge in [0.1, 0.15) is 17.2 Å². The molecule has 0 atom stereocenters. The van der Waals surface area contributed by atoms with Gasteiger partial charge in [0.2, 0.25) is 0 Å². The molecule has 9 heteroatoms. The second-order valence-electron chi connectivity index (χ2n) is 6.26. The fourth-order valence-corrected chi connectivity index (χ4v) is 4.13. The van der Waals surface area contributed by atoms with Crippen LogP contribution in [0.1, 0.15) is 12.4 Å². The molecule has 3 aromatic heterocycles. The van der Waals surface area contributed by atoms with Crippen LogP contribution in [0.4, 0.5) is 8.78 Å². The third-order valence-electron chi connectivity index (χ3n) is 4.53. The summed E-state index contributed by atoms with van der Waals surface area (Å²) in [6.45, 7) is -2.66. The first-order chi connectivity index (χ1) is 14.2. The summed E-state index contributed by atoms with van der Waals surface area (Å²) in [4.78, 5) is 13.1. The van der Waals surface area contributed by atoms with Crippen LogP contribution in [-0.2, 0) is 5.75 Å². The average molecular weight is 408 g/mol. The van der Waals surface area contributed by atoms with Crippen molar-refractivity contribution in [3.05, 3.63) is 72.9 Å². The molecule has 6 nitrogen and oxygen atoms in total. The Labute approximate surface area is 168 Å². The average Bonchev–Trinajstić information content (AvgIpc) is 3.34. The zero-order valence-electron chi connectivity index (χ0n) is 15.0. The van der Waals surface area contributed by atoms with Crippen molar-refractivity contribution in [3.63, 3.8) is 0 Å². The van der Waals surface area contributed by atoms with E-state index in [9.17, 15) is 8.78 Å². The maximum absolute atomic E-state index is 13.6. The highest BCUT2D eigenvalue weighted by molar-refractivity contribution is 7.98. The highest BCUT2D eigenvalue weighted by atomic mass is 32.2.